The maximum Gasteiger partial charge on any atom is 0.323 e. The Kier molecular flexibility index (Phi) is 7.16. The fourth-order valence-corrected chi connectivity index (χ4v) is 3.11. The van der Waals surface area contributed by atoms with Crippen molar-refractivity contribution in [2.45, 2.75) is 10.9 Å². The Bertz CT molecular complexity index is 333. The maximum atomic E-state index is 11.0. The van der Waals surface area contributed by atoms with E-state index < -0.39 is 6.04 Å². The molecule has 94 valence electrons. The summed E-state index contributed by atoms with van der Waals surface area (Å²) in [6, 6.07) is 9.75. The Labute approximate surface area is 110 Å². The van der Waals surface area contributed by atoms with Gasteiger partial charge in [-0.15, -0.1) is 11.8 Å². The van der Waals surface area contributed by atoms with E-state index in [1.165, 1.54) is 12.0 Å². The lowest BCUT2D eigenvalue weighted by Crippen LogP contribution is -2.34. The maximum absolute atomic E-state index is 11.0. The normalized spacial score (nSPS) is 12.1. The van der Waals surface area contributed by atoms with Crippen molar-refractivity contribution in [1.29, 1.82) is 0 Å². The third kappa shape index (κ3) is 6.00. The van der Waals surface area contributed by atoms with Crippen LogP contribution in [0.2, 0.25) is 0 Å². The molecule has 0 saturated carbocycles. The first-order chi connectivity index (χ1) is 8.24. The number of esters is 1. The van der Waals surface area contributed by atoms with Crippen molar-refractivity contribution in [1.82, 2.24) is 0 Å². The molecular weight excluding hydrogens is 254 g/mol. The minimum absolute atomic E-state index is 0.340. The first kappa shape index (κ1) is 14.4. The van der Waals surface area contributed by atoms with Crippen molar-refractivity contribution in [3.63, 3.8) is 0 Å². The average molecular weight is 271 g/mol. The second-order valence-corrected chi connectivity index (χ2v) is 5.68. The van der Waals surface area contributed by atoms with Crippen LogP contribution in [0, 0.1) is 0 Å². The predicted molar refractivity (Wildman–Crippen MR) is 74.5 cm³/mol. The number of carbonyl (C=O) groups excluding carboxylic acids is 1. The number of nitrogens with two attached hydrogens (primary N) is 1. The Hall–Kier alpha value is -0.650. The number of ether oxygens (including phenoxy) is 1. The van der Waals surface area contributed by atoms with Gasteiger partial charge in [0.1, 0.15) is 6.04 Å². The second kappa shape index (κ2) is 8.44. The number of carbonyl (C=O) groups is 1. The van der Waals surface area contributed by atoms with E-state index in [1.807, 2.05) is 30.0 Å². The van der Waals surface area contributed by atoms with Gasteiger partial charge in [-0.1, -0.05) is 18.2 Å². The van der Waals surface area contributed by atoms with Gasteiger partial charge in [-0.3, -0.25) is 4.79 Å². The fourth-order valence-electron chi connectivity index (χ4n) is 1.16. The summed E-state index contributed by atoms with van der Waals surface area (Å²) in [6.45, 7) is 0. The minimum Gasteiger partial charge on any atom is -0.468 e. The zero-order valence-electron chi connectivity index (χ0n) is 9.80. The van der Waals surface area contributed by atoms with Gasteiger partial charge in [-0.2, -0.15) is 11.8 Å². The summed E-state index contributed by atoms with van der Waals surface area (Å²) in [4.78, 5) is 12.3. The van der Waals surface area contributed by atoms with E-state index in [9.17, 15) is 4.79 Å². The van der Waals surface area contributed by atoms with Crippen LogP contribution in [0.3, 0.4) is 0 Å². The van der Waals surface area contributed by atoms with Crippen LogP contribution in [0.5, 0.6) is 0 Å². The lowest BCUT2D eigenvalue weighted by molar-refractivity contribution is -0.141. The van der Waals surface area contributed by atoms with Gasteiger partial charge < -0.3 is 10.5 Å². The fraction of sp³-hybridized carbons (Fsp3) is 0.417. The van der Waals surface area contributed by atoms with Crippen LogP contribution in [0.1, 0.15) is 0 Å². The molecule has 3 nitrogen and oxygen atoms in total. The number of methoxy groups -OCH3 is 1. The van der Waals surface area contributed by atoms with Crippen LogP contribution in [-0.4, -0.2) is 36.4 Å². The van der Waals surface area contributed by atoms with Crippen molar-refractivity contribution in [3.8, 4) is 0 Å². The zero-order valence-corrected chi connectivity index (χ0v) is 11.4. The Morgan fingerprint density at radius 3 is 2.71 bits per heavy atom. The van der Waals surface area contributed by atoms with Crippen molar-refractivity contribution < 1.29 is 9.53 Å². The van der Waals surface area contributed by atoms with Crippen molar-refractivity contribution in [2.75, 3.05) is 24.4 Å². The molecule has 0 amide bonds. The second-order valence-electron chi connectivity index (χ2n) is 3.37. The van der Waals surface area contributed by atoms with Crippen LogP contribution < -0.4 is 5.73 Å². The van der Waals surface area contributed by atoms with Crippen molar-refractivity contribution in [2.24, 2.45) is 5.73 Å². The molecule has 1 unspecified atom stereocenters. The molecule has 0 saturated heterocycles. The number of hydrogen-bond donors (Lipinski definition) is 1. The number of thioether (sulfide) groups is 2. The van der Waals surface area contributed by atoms with E-state index in [4.69, 9.17) is 5.73 Å². The molecule has 0 aliphatic rings. The van der Waals surface area contributed by atoms with Crippen LogP contribution in [-0.2, 0) is 9.53 Å². The van der Waals surface area contributed by atoms with Crippen LogP contribution in [0.25, 0.3) is 0 Å². The molecule has 2 N–H and O–H groups in total. The number of benzene rings is 1. The Balaban J connectivity index is 2.07. The molecule has 5 heteroatoms. The monoisotopic (exact) mass is 271 g/mol. The lowest BCUT2D eigenvalue weighted by Gasteiger charge is -2.08. The molecule has 0 aliphatic carbocycles. The molecule has 1 rings (SSSR count). The third-order valence-corrected chi connectivity index (χ3v) is 4.40. The molecule has 0 radical (unpaired) electrons. The van der Waals surface area contributed by atoms with Crippen LogP contribution in [0.4, 0.5) is 0 Å². The Morgan fingerprint density at radius 2 is 2.06 bits per heavy atom. The highest BCUT2D eigenvalue weighted by molar-refractivity contribution is 8.03. The molecule has 17 heavy (non-hydrogen) atoms. The first-order valence-electron chi connectivity index (χ1n) is 5.33. The molecule has 1 aromatic rings. The molecule has 0 bridgehead atoms. The molecule has 0 fully saturated rings. The minimum atomic E-state index is -0.508. The molecule has 0 heterocycles. The van der Waals surface area contributed by atoms with Gasteiger partial charge >= 0.3 is 5.97 Å². The van der Waals surface area contributed by atoms with Gasteiger partial charge in [0.05, 0.1) is 7.11 Å². The standard InChI is InChI=1S/C12H17NO2S2/c1-15-12(14)11(13)9-16-7-8-17-10-5-3-2-4-6-10/h2-6,11H,7-9,13H2,1H3. The van der Waals surface area contributed by atoms with Gasteiger partial charge in [0.15, 0.2) is 0 Å². The lowest BCUT2D eigenvalue weighted by atomic mass is 10.4. The topological polar surface area (TPSA) is 52.3 Å². The summed E-state index contributed by atoms with van der Waals surface area (Å²) < 4.78 is 4.56. The van der Waals surface area contributed by atoms with E-state index in [0.29, 0.717) is 5.75 Å². The summed E-state index contributed by atoms with van der Waals surface area (Å²) in [5, 5.41) is 0. The van der Waals surface area contributed by atoms with E-state index in [-0.39, 0.29) is 5.97 Å². The molecule has 0 aliphatic heterocycles. The molecule has 0 aromatic heterocycles. The van der Waals surface area contributed by atoms with Gasteiger partial charge in [0.2, 0.25) is 0 Å². The van der Waals surface area contributed by atoms with Gasteiger partial charge in [0.25, 0.3) is 0 Å². The van der Waals surface area contributed by atoms with Crippen molar-refractivity contribution >= 4 is 29.5 Å². The van der Waals surface area contributed by atoms with Gasteiger partial charge in [0, 0.05) is 22.2 Å². The Morgan fingerprint density at radius 1 is 1.35 bits per heavy atom. The highest BCUT2D eigenvalue weighted by Gasteiger charge is 2.12. The zero-order chi connectivity index (χ0) is 12.5. The summed E-state index contributed by atoms with van der Waals surface area (Å²) in [5.74, 6) is 2.27. The average Bonchev–Trinajstić information content (AvgIpc) is 2.38. The quantitative estimate of drug-likeness (QED) is 0.467. The van der Waals surface area contributed by atoms with Crippen LogP contribution >= 0.6 is 23.5 Å². The molecule has 0 spiro atoms. The van der Waals surface area contributed by atoms with Gasteiger partial charge in [-0.25, -0.2) is 0 Å². The summed E-state index contributed by atoms with van der Waals surface area (Å²) in [6.07, 6.45) is 0. The predicted octanol–water partition coefficient (Wildman–Crippen LogP) is 2.01. The molecular formula is C12H17NO2S2. The van der Waals surface area contributed by atoms with E-state index in [2.05, 4.69) is 16.9 Å². The van der Waals surface area contributed by atoms with Crippen molar-refractivity contribution in [3.05, 3.63) is 30.3 Å². The molecule has 1 aromatic carbocycles. The number of hydrogen-bond acceptors (Lipinski definition) is 5. The highest BCUT2D eigenvalue weighted by atomic mass is 32.2. The summed E-state index contributed by atoms with van der Waals surface area (Å²) >= 11 is 3.49. The summed E-state index contributed by atoms with van der Waals surface area (Å²) in [5.41, 5.74) is 5.62. The third-order valence-electron chi connectivity index (χ3n) is 2.04. The van der Waals surface area contributed by atoms with E-state index in [0.717, 1.165) is 11.5 Å². The van der Waals surface area contributed by atoms with Crippen LogP contribution in [0.15, 0.2) is 35.2 Å². The first-order valence-corrected chi connectivity index (χ1v) is 7.47. The smallest absolute Gasteiger partial charge is 0.323 e. The van der Waals surface area contributed by atoms with E-state index >= 15 is 0 Å². The molecule has 1 atom stereocenters. The van der Waals surface area contributed by atoms with Gasteiger partial charge in [-0.05, 0) is 12.1 Å². The highest BCUT2D eigenvalue weighted by Crippen LogP contribution is 2.18. The summed E-state index contributed by atoms with van der Waals surface area (Å²) in [7, 11) is 1.36. The SMILES string of the molecule is COC(=O)C(N)CSCCSc1ccccc1. The largest absolute Gasteiger partial charge is 0.468 e. The van der Waals surface area contributed by atoms with E-state index in [1.54, 1.807) is 11.8 Å². The number of rotatable bonds is 7.